The lowest BCUT2D eigenvalue weighted by Crippen LogP contribution is -2.35. The molecule has 0 spiro atoms. The molecule has 0 radical (unpaired) electrons. The fourth-order valence-electron chi connectivity index (χ4n) is 4.23. The van der Waals surface area contributed by atoms with E-state index in [-0.39, 0.29) is 24.9 Å². The van der Waals surface area contributed by atoms with Crippen molar-refractivity contribution in [1.29, 1.82) is 0 Å². The molecule has 0 bridgehead atoms. The number of phenols is 1. The van der Waals surface area contributed by atoms with Gasteiger partial charge in [0.15, 0.2) is 5.82 Å². The van der Waals surface area contributed by atoms with Crippen molar-refractivity contribution in [2.75, 3.05) is 55.3 Å². The summed E-state index contributed by atoms with van der Waals surface area (Å²) in [7, 11) is 1.60. The Balaban J connectivity index is 1.49. The summed E-state index contributed by atoms with van der Waals surface area (Å²) < 4.78 is 25.0. The topological polar surface area (TPSA) is 108 Å². The number of aromatic hydroxyl groups is 1. The van der Waals surface area contributed by atoms with E-state index in [4.69, 9.17) is 5.73 Å². The molecule has 0 amide bonds. The number of nitrogens with two attached hydrogens (primary N) is 1. The Morgan fingerprint density at radius 3 is 2.78 bits per heavy atom. The predicted molar refractivity (Wildman–Crippen MR) is 140 cm³/mol. The number of nitrogens with zero attached hydrogens (tertiary/aromatic N) is 7. The Hall–Kier alpha value is -4.04. The molecular weight excluding hydrogens is 478 g/mol. The molecule has 3 aromatic rings. The second-order valence-electron chi connectivity index (χ2n) is 8.96. The van der Waals surface area contributed by atoms with Crippen LogP contribution in [0.1, 0.15) is 19.2 Å². The van der Waals surface area contributed by atoms with Crippen LogP contribution in [0.25, 0.3) is 11.3 Å². The molecule has 11 heteroatoms. The summed E-state index contributed by atoms with van der Waals surface area (Å²) in [6.07, 6.45) is 0.108. The zero-order valence-corrected chi connectivity index (χ0v) is 20.8. The van der Waals surface area contributed by atoms with Crippen LogP contribution >= 0.6 is 0 Å². The lowest BCUT2D eigenvalue weighted by molar-refractivity contribution is 0.106. The lowest BCUT2D eigenvalue weighted by Gasteiger charge is -2.28. The Morgan fingerprint density at radius 2 is 2.00 bits per heavy atom. The summed E-state index contributed by atoms with van der Waals surface area (Å²) in [6.45, 7) is 4.11. The number of nitrogen functional groups attached to an aromatic ring is 1. The van der Waals surface area contributed by atoms with E-state index in [9.17, 15) is 13.9 Å². The zero-order valence-electron chi connectivity index (χ0n) is 20.8. The number of anilines is 3. The van der Waals surface area contributed by atoms with Crippen LogP contribution < -0.4 is 15.5 Å². The maximum Gasteiger partial charge on any atom is 0.251 e. The van der Waals surface area contributed by atoms with E-state index in [1.807, 2.05) is 18.2 Å². The first kappa shape index (κ1) is 26.0. The molecule has 3 heterocycles. The predicted octanol–water partition coefficient (Wildman–Crippen LogP) is 2.88. The standard InChI is InChI=1S/C26H30F2N8O/c1-18-10-13-35(21-16-20(32-33-26(21)29)19-6-3-4-7-22(19)37)14-15-36(18)25-9-11-30-24(31-25)8-5-12-34(2)17-23(27)28/h3-4,6-7,9,11,16,18,23,37H,10,12-15,17H2,1-2H3,(H2,29,33)/t18-/m1/s1. The highest BCUT2D eigenvalue weighted by Gasteiger charge is 2.24. The first-order chi connectivity index (χ1) is 17.8. The number of halogens is 2. The molecule has 1 aliphatic heterocycles. The molecule has 1 aliphatic rings. The van der Waals surface area contributed by atoms with Gasteiger partial charge in [0.05, 0.1) is 24.5 Å². The van der Waals surface area contributed by atoms with Crippen molar-refractivity contribution in [2.24, 2.45) is 0 Å². The molecule has 1 fully saturated rings. The Labute approximate surface area is 215 Å². The molecule has 1 atom stereocenters. The molecule has 37 heavy (non-hydrogen) atoms. The van der Waals surface area contributed by atoms with E-state index >= 15 is 0 Å². The fraction of sp³-hybridized carbons (Fsp3) is 0.385. The third-order valence-corrected chi connectivity index (χ3v) is 6.22. The van der Waals surface area contributed by atoms with Crippen molar-refractivity contribution in [3.8, 4) is 28.8 Å². The summed E-state index contributed by atoms with van der Waals surface area (Å²) in [5, 5.41) is 18.6. The highest BCUT2D eigenvalue weighted by Crippen LogP contribution is 2.32. The smallest absolute Gasteiger partial charge is 0.251 e. The van der Waals surface area contributed by atoms with Gasteiger partial charge in [-0.1, -0.05) is 18.1 Å². The van der Waals surface area contributed by atoms with Gasteiger partial charge in [0.25, 0.3) is 6.43 Å². The number of hydrogen-bond acceptors (Lipinski definition) is 9. The van der Waals surface area contributed by atoms with Gasteiger partial charge in [0.1, 0.15) is 11.6 Å². The Kier molecular flexibility index (Phi) is 8.30. The van der Waals surface area contributed by atoms with E-state index in [1.165, 1.54) is 4.90 Å². The third-order valence-electron chi connectivity index (χ3n) is 6.22. The maximum atomic E-state index is 12.5. The van der Waals surface area contributed by atoms with Gasteiger partial charge in [-0.2, -0.15) is 0 Å². The van der Waals surface area contributed by atoms with Crippen LogP contribution in [0.2, 0.25) is 0 Å². The molecule has 4 rings (SSSR count). The molecular formula is C26H30F2N8O. The van der Waals surface area contributed by atoms with Crippen molar-refractivity contribution in [3.63, 3.8) is 0 Å². The first-order valence-corrected chi connectivity index (χ1v) is 12.0. The SMILES string of the molecule is C[C@@H]1CCN(c2cc(-c3ccccc3O)nnc2N)CCN1c1ccnc(C#CCN(C)CC(F)F)n1. The first-order valence-electron chi connectivity index (χ1n) is 12.0. The van der Waals surface area contributed by atoms with Gasteiger partial charge in [-0.3, -0.25) is 4.90 Å². The number of phenolic OH excluding ortho intramolecular Hbond substituents is 1. The Bertz CT molecular complexity index is 1280. The second kappa shape index (κ2) is 11.8. The number of para-hydroxylation sites is 1. The highest BCUT2D eigenvalue weighted by atomic mass is 19.3. The lowest BCUT2D eigenvalue weighted by atomic mass is 10.1. The van der Waals surface area contributed by atoms with Crippen LogP contribution in [0.15, 0.2) is 42.6 Å². The fourth-order valence-corrected chi connectivity index (χ4v) is 4.23. The van der Waals surface area contributed by atoms with Gasteiger partial charge in [-0.05, 0) is 50.6 Å². The van der Waals surface area contributed by atoms with E-state index in [0.29, 0.717) is 36.0 Å². The molecule has 1 aromatic carbocycles. The number of rotatable bonds is 6. The van der Waals surface area contributed by atoms with Crippen LogP contribution in [0.4, 0.5) is 26.1 Å². The van der Waals surface area contributed by atoms with Crippen LogP contribution in [-0.4, -0.2) is 82.4 Å². The third kappa shape index (κ3) is 6.59. The molecule has 2 aromatic heterocycles. The van der Waals surface area contributed by atoms with E-state index in [0.717, 1.165) is 24.5 Å². The van der Waals surface area contributed by atoms with Crippen molar-refractivity contribution in [2.45, 2.75) is 25.8 Å². The van der Waals surface area contributed by atoms with Gasteiger partial charge in [-0.25, -0.2) is 18.7 Å². The van der Waals surface area contributed by atoms with Gasteiger partial charge in [0.2, 0.25) is 5.82 Å². The van der Waals surface area contributed by atoms with E-state index in [2.05, 4.69) is 48.7 Å². The number of hydrogen-bond donors (Lipinski definition) is 2. The molecule has 194 valence electrons. The average Bonchev–Trinajstić information content (AvgIpc) is 3.06. The number of aromatic nitrogens is 4. The molecule has 0 unspecified atom stereocenters. The molecule has 0 aliphatic carbocycles. The summed E-state index contributed by atoms with van der Waals surface area (Å²) in [5.74, 6) is 7.31. The maximum absolute atomic E-state index is 12.5. The van der Waals surface area contributed by atoms with E-state index in [1.54, 1.807) is 31.4 Å². The summed E-state index contributed by atoms with van der Waals surface area (Å²) in [5.41, 5.74) is 8.12. The van der Waals surface area contributed by atoms with Crippen LogP contribution in [-0.2, 0) is 0 Å². The van der Waals surface area contributed by atoms with Crippen LogP contribution in [0, 0.1) is 11.8 Å². The highest BCUT2D eigenvalue weighted by molar-refractivity contribution is 5.74. The minimum absolute atomic E-state index is 0.131. The number of alkyl halides is 2. The zero-order chi connectivity index (χ0) is 26.4. The summed E-state index contributed by atoms with van der Waals surface area (Å²) >= 11 is 0. The van der Waals surface area contributed by atoms with Crippen LogP contribution in [0.5, 0.6) is 5.75 Å². The van der Waals surface area contributed by atoms with E-state index < -0.39 is 6.43 Å². The minimum atomic E-state index is -2.40. The average molecular weight is 509 g/mol. The second-order valence-corrected chi connectivity index (χ2v) is 8.96. The van der Waals surface area contributed by atoms with Crippen molar-refractivity contribution >= 4 is 17.3 Å². The number of benzene rings is 1. The quantitative estimate of drug-likeness (QED) is 0.486. The molecule has 0 saturated carbocycles. The summed E-state index contributed by atoms with van der Waals surface area (Å²) in [4.78, 5) is 14.7. The largest absolute Gasteiger partial charge is 0.507 e. The van der Waals surface area contributed by atoms with Crippen molar-refractivity contribution in [3.05, 3.63) is 48.4 Å². The molecule has 3 N–H and O–H groups in total. The van der Waals surface area contributed by atoms with Crippen molar-refractivity contribution < 1.29 is 13.9 Å². The van der Waals surface area contributed by atoms with Gasteiger partial charge in [0, 0.05) is 37.4 Å². The van der Waals surface area contributed by atoms with Gasteiger partial charge in [-0.15, -0.1) is 10.2 Å². The van der Waals surface area contributed by atoms with Gasteiger partial charge >= 0.3 is 0 Å². The van der Waals surface area contributed by atoms with Crippen LogP contribution in [0.3, 0.4) is 0 Å². The molecule has 9 nitrogen and oxygen atoms in total. The van der Waals surface area contributed by atoms with Crippen molar-refractivity contribution in [1.82, 2.24) is 25.1 Å². The van der Waals surface area contributed by atoms with Gasteiger partial charge < -0.3 is 20.6 Å². The Morgan fingerprint density at radius 1 is 1.19 bits per heavy atom. The molecule has 1 saturated heterocycles. The summed E-state index contributed by atoms with van der Waals surface area (Å²) in [6, 6.07) is 10.9. The normalized spacial score (nSPS) is 16.0. The minimum Gasteiger partial charge on any atom is -0.507 e. The monoisotopic (exact) mass is 508 g/mol.